The van der Waals surface area contributed by atoms with Crippen molar-refractivity contribution >= 4 is 34.2 Å². The van der Waals surface area contributed by atoms with Gasteiger partial charge in [0.15, 0.2) is 0 Å². The number of carbonyl (C=O) groups excluding carboxylic acids is 1. The van der Waals surface area contributed by atoms with Gasteiger partial charge in [0.05, 0.1) is 17.1 Å². The molecule has 0 aliphatic rings. The molecule has 140 valence electrons. The zero-order valence-corrected chi connectivity index (χ0v) is 16.3. The number of halogens is 1. The number of carbonyl (C=O) groups is 1. The lowest BCUT2D eigenvalue weighted by molar-refractivity contribution is 0.100. The van der Waals surface area contributed by atoms with Gasteiger partial charge in [0, 0.05) is 16.8 Å². The van der Waals surface area contributed by atoms with Crippen molar-refractivity contribution < 1.29 is 4.79 Å². The number of anilines is 1. The zero-order valence-electron chi connectivity index (χ0n) is 15.5. The fourth-order valence-electron chi connectivity index (χ4n) is 3.16. The normalized spacial score (nSPS) is 12.1. The number of hydrogen-bond acceptors (Lipinski definition) is 4. The van der Waals surface area contributed by atoms with Crippen molar-refractivity contribution in [2.24, 2.45) is 5.73 Å². The number of primary amides is 1. The average Bonchev–Trinajstić information content (AvgIpc) is 2.66. The van der Waals surface area contributed by atoms with E-state index in [1.807, 2.05) is 31.2 Å². The number of fused-ring (bicyclic) bond motifs is 1. The Balaban J connectivity index is 2.11. The van der Waals surface area contributed by atoms with Crippen molar-refractivity contribution in [3.8, 4) is 0 Å². The van der Waals surface area contributed by atoms with Gasteiger partial charge in [-0.3, -0.25) is 4.79 Å². The second kappa shape index (κ2) is 8.35. The largest absolute Gasteiger partial charge is 0.366 e. The van der Waals surface area contributed by atoms with E-state index in [9.17, 15) is 4.79 Å². The SMILES string of the molecule is CCC[C@@H](Nc1nc(CC)nc2c(C(N)=O)cccc12)c1cccc(Cl)c1. The summed E-state index contributed by atoms with van der Waals surface area (Å²) in [7, 11) is 0. The topological polar surface area (TPSA) is 80.9 Å². The first-order chi connectivity index (χ1) is 13.0. The van der Waals surface area contributed by atoms with Gasteiger partial charge in [0.2, 0.25) is 0 Å². The molecule has 6 heteroatoms. The number of nitrogens with one attached hydrogen (secondary N) is 1. The van der Waals surface area contributed by atoms with Gasteiger partial charge >= 0.3 is 0 Å². The molecule has 1 aromatic heterocycles. The molecular weight excluding hydrogens is 360 g/mol. The van der Waals surface area contributed by atoms with E-state index in [1.54, 1.807) is 12.1 Å². The summed E-state index contributed by atoms with van der Waals surface area (Å²) in [6, 6.07) is 13.3. The molecule has 1 heterocycles. The molecular formula is C21H23ClN4O. The van der Waals surface area contributed by atoms with Gasteiger partial charge in [0.1, 0.15) is 11.6 Å². The van der Waals surface area contributed by atoms with E-state index in [-0.39, 0.29) is 6.04 Å². The van der Waals surface area contributed by atoms with E-state index in [0.29, 0.717) is 34.2 Å². The predicted molar refractivity (Wildman–Crippen MR) is 110 cm³/mol. The van der Waals surface area contributed by atoms with Crippen molar-refractivity contribution in [2.75, 3.05) is 5.32 Å². The first-order valence-electron chi connectivity index (χ1n) is 9.14. The summed E-state index contributed by atoms with van der Waals surface area (Å²) in [4.78, 5) is 21.1. The molecule has 3 N–H and O–H groups in total. The van der Waals surface area contributed by atoms with Crippen LogP contribution >= 0.6 is 11.6 Å². The second-order valence-electron chi connectivity index (χ2n) is 6.45. The molecule has 0 aliphatic heterocycles. The standard InChI is InChI=1S/C21H23ClN4O/c1-3-7-17(13-8-5-9-14(22)12-13)24-21-16-11-6-10-15(20(23)27)19(16)25-18(4-2)26-21/h5-6,8-12,17H,3-4,7H2,1-2H3,(H2,23,27)(H,24,25,26)/t17-/m1/s1. The number of benzene rings is 2. The third-order valence-corrected chi connectivity index (χ3v) is 4.73. The molecule has 1 atom stereocenters. The number of aryl methyl sites for hydroxylation is 1. The average molecular weight is 383 g/mol. The Hall–Kier alpha value is -2.66. The first-order valence-corrected chi connectivity index (χ1v) is 9.52. The molecule has 5 nitrogen and oxygen atoms in total. The van der Waals surface area contributed by atoms with Crippen LogP contribution in [0.25, 0.3) is 10.9 Å². The highest BCUT2D eigenvalue weighted by atomic mass is 35.5. The number of nitrogens with zero attached hydrogens (tertiary/aromatic N) is 2. The minimum atomic E-state index is -0.493. The van der Waals surface area contributed by atoms with Crippen molar-refractivity contribution in [3.63, 3.8) is 0 Å². The number of para-hydroxylation sites is 1. The van der Waals surface area contributed by atoms with E-state index >= 15 is 0 Å². The molecule has 0 radical (unpaired) electrons. The van der Waals surface area contributed by atoms with Gasteiger partial charge in [-0.1, -0.05) is 50.1 Å². The van der Waals surface area contributed by atoms with Crippen LogP contribution in [0.1, 0.15) is 54.5 Å². The highest BCUT2D eigenvalue weighted by Gasteiger charge is 2.17. The molecule has 3 aromatic rings. The van der Waals surface area contributed by atoms with Gasteiger partial charge in [-0.2, -0.15) is 0 Å². The lowest BCUT2D eigenvalue weighted by Gasteiger charge is -2.21. The summed E-state index contributed by atoms with van der Waals surface area (Å²) >= 11 is 6.19. The van der Waals surface area contributed by atoms with Crippen LogP contribution in [0.4, 0.5) is 5.82 Å². The van der Waals surface area contributed by atoms with Crippen LogP contribution in [-0.4, -0.2) is 15.9 Å². The fourth-order valence-corrected chi connectivity index (χ4v) is 3.36. The maximum absolute atomic E-state index is 11.8. The molecule has 3 rings (SSSR count). The number of aromatic nitrogens is 2. The minimum absolute atomic E-state index is 0.0498. The quantitative estimate of drug-likeness (QED) is 0.609. The van der Waals surface area contributed by atoms with E-state index in [1.165, 1.54) is 0 Å². The molecule has 0 saturated carbocycles. The number of nitrogens with two attached hydrogens (primary N) is 1. The van der Waals surface area contributed by atoms with Gasteiger partial charge in [-0.15, -0.1) is 0 Å². The van der Waals surface area contributed by atoms with E-state index in [0.717, 1.165) is 23.8 Å². The molecule has 0 aliphatic carbocycles. The lowest BCUT2D eigenvalue weighted by atomic mass is 10.0. The Morgan fingerprint density at radius 2 is 1.96 bits per heavy atom. The van der Waals surface area contributed by atoms with Crippen LogP contribution in [0.2, 0.25) is 5.02 Å². The van der Waals surface area contributed by atoms with Gasteiger partial charge < -0.3 is 11.1 Å². The van der Waals surface area contributed by atoms with Gasteiger partial charge in [-0.25, -0.2) is 9.97 Å². The van der Waals surface area contributed by atoms with Crippen LogP contribution in [0.5, 0.6) is 0 Å². The van der Waals surface area contributed by atoms with Crippen molar-refractivity contribution in [1.82, 2.24) is 9.97 Å². The summed E-state index contributed by atoms with van der Waals surface area (Å²) in [5.41, 5.74) is 7.63. The van der Waals surface area contributed by atoms with Crippen molar-refractivity contribution in [3.05, 3.63) is 64.4 Å². The molecule has 2 aromatic carbocycles. The Labute approximate surface area is 164 Å². The van der Waals surface area contributed by atoms with Crippen LogP contribution in [0.15, 0.2) is 42.5 Å². The zero-order chi connectivity index (χ0) is 19.4. The molecule has 0 spiro atoms. The molecule has 1 amide bonds. The Morgan fingerprint density at radius 3 is 2.63 bits per heavy atom. The van der Waals surface area contributed by atoms with E-state index in [2.05, 4.69) is 28.3 Å². The number of amides is 1. The van der Waals surface area contributed by atoms with Crippen LogP contribution < -0.4 is 11.1 Å². The summed E-state index contributed by atoms with van der Waals surface area (Å²) in [6.07, 6.45) is 2.58. The van der Waals surface area contributed by atoms with Crippen molar-refractivity contribution in [2.45, 2.75) is 39.2 Å². The summed E-state index contributed by atoms with van der Waals surface area (Å²) in [6.45, 7) is 4.12. The Bertz CT molecular complexity index is 974. The van der Waals surface area contributed by atoms with Crippen LogP contribution in [0.3, 0.4) is 0 Å². The van der Waals surface area contributed by atoms with Crippen LogP contribution in [0, 0.1) is 0 Å². The summed E-state index contributed by atoms with van der Waals surface area (Å²) in [5, 5.41) is 5.03. The third-order valence-electron chi connectivity index (χ3n) is 4.49. The highest BCUT2D eigenvalue weighted by molar-refractivity contribution is 6.30. The fraction of sp³-hybridized carbons (Fsp3) is 0.286. The third kappa shape index (κ3) is 4.19. The predicted octanol–water partition coefficient (Wildman–Crippen LogP) is 4.90. The van der Waals surface area contributed by atoms with Crippen molar-refractivity contribution in [1.29, 1.82) is 0 Å². The van der Waals surface area contributed by atoms with Crippen LogP contribution in [-0.2, 0) is 6.42 Å². The Morgan fingerprint density at radius 1 is 1.19 bits per heavy atom. The number of rotatable bonds is 7. The molecule has 27 heavy (non-hydrogen) atoms. The van der Waals surface area contributed by atoms with Gasteiger partial charge in [0.25, 0.3) is 5.91 Å². The maximum atomic E-state index is 11.8. The summed E-state index contributed by atoms with van der Waals surface area (Å²) < 4.78 is 0. The smallest absolute Gasteiger partial charge is 0.250 e. The lowest BCUT2D eigenvalue weighted by Crippen LogP contribution is -2.15. The molecule has 0 bridgehead atoms. The maximum Gasteiger partial charge on any atom is 0.250 e. The number of hydrogen-bond donors (Lipinski definition) is 2. The summed E-state index contributed by atoms with van der Waals surface area (Å²) in [5.74, 6) is 0.880. The molecule has 0 fully saturated rings. The first kappa shape index (κ1) is 19.1. The highest BCUT2D eigenvalue weighted by Crippen LogP contribution is 2.30. The minimum Gasteiger partial charge on any atom is -0.366 e. The van der Waals surface area contributed by atoms with E-state index in [4.69, 9.17) is 17.3 Å². The second-order valence-corrected chi connectivity index (χ2v) is 6.89. The monoisotopic (exact) mass is 382 g/mol. The molecule has 0 unspecified atom stereocenters. The molecule has 0 saturated heterocycles. The van der Waals surface area contributed by atoms with Gasteiger partial charge in [-0.05, 0) is 36.2 Å². The van der Waals surface area contributed by atoms with E-state index < -0.39 is 5.91 Å². The Kier molecular flexibility index (Phi) is 5.91.